The Hall–Kier alpha value is -0.860. The fraction of sp³-hybridized carbons (Fsp3) is 0.538. The maximum absolute atomic E-state index is 3.25. The Kier molecular flexibility index (Phi) is 4.79. The average molecular weight is 206 g/mol. The third kappa shape index (κ3) is 3.33. The number of nitrogens with zero attached hydrogens (tertiary/aromatic N) is 1. The Labute approximate surface area is 93.3 Å². The third-order valence-electron chi connectivity index (χ3n) is 2.89. The Morgan fingerprint density at radius 3 is 2.33 bits per heavy atom. The summed E-state index contributed by atoms with van der Waals surface area (Å²) in [5.74, 6) is 0. The molecule has 1 unspecified atom stereocenters. The fourth-order valence-electron chi connectivity index (χ4n) is 1.73. The highest BCUT2D eigenvalue weighted by atomic mass is 15.1. The van der Waals surface area contributed by atoms with Crippen LogP contribution in [0.15, 0.2) is 24.3 Å². The molecular formula is C13H22N2. The Bertz CT molecular complexity index is 279. The molecule has 1 N–H and O–H groups in total. The number of rotatable bonds is 5. The summed E-state index contributed by atoms with van der Waals surface area (Å²) < 4.78 is 0. The molecule has 0 radical (unpaired) electrons. The number of hydrogen-bond acceptors (Lipinski definition) is 2. The van der Waals surface area contributed by atoms with Gasteiger partial charge in [-0.15, -0.1) is 0 Å². The standard InChI is InChI=1S/C13H22N2/c1-5-15(4)13(10-14-3)12-8-6-11(2)7-9-12/h6-9,13-14H,5,10H2,1-4H3. The zero-order valence-electron chi connectivity index (χ0n) is 10.2. The van der Waals surface area contributed by atoms with Gasteiger partial charge in [-0.05, 0) is 33.1 Å². The summed E-state index contributed by atoms with van der Waals surface area (Å²) in [5.41, 5.74) is 2.71. The van der Waals surface area contributed by atoms with Gasteiger partial charge in [0.25, 0.3) is 0 Å². The highest BCUT2D eigenvalue weighted by Crippen LogP contribution is 2.18. The molecule has 0 aliphatic heterocycles. The van der Waals surface area contributed by atoms with Crippen LogP contribution in [-0.4, -0.2) is 32.1 Å². The summed E-state index contributed by atoms with van der Waals surface area (Å²) in [5, 5.41) is 3.25. The van der Waals surface area contributed by atoms with E-state index < -0.39 is 0 Å². The highest BCUT2D eigenvalue weighted by Gasteiger charge is 2.14. The first-order chi connectivity index (χ1) is 7.19. The van der Waals surface area contributed by atoms with Crippen LogP contribution in [0, 0.1) is 6.92 Å². The van der Waals surface area contributed by atoms with E-state index in [1.54, 1.807) is 0 Å². The Morgan fingerprint density at radius 2 is 1.87 bits per heavy atom. The average Bonchev–Trinajstić information content (AvgIpc) is 2.26. The largest absolute Gasteiger partial charge is 0.318 e. The van der Waals surface area contributed by atoms with Gasteiger partial charge in [0.15, 0.2) is 0 Å². The number of likely N-dealkylation sites (N-methyl/N-ethyl adjacent to an activating group) is 2. The molecule has 2 nitrogen and oxygen atoms in total. The van der Waals surface area contributed by atoms with Crippen molar-refractivity contribution in [3.05, 3.63) is 35.4 Å². The molecule has 1 aromatic rings. The van der Waals surface area contributed by atoms with Gasteiger partial charge in [0.2, 0.25) is 0 Å². The normalized spacial score (nSPS) is 13.1. The first-order valence-electron chi connectivity index (χ1n) is 5.60. The van der Waals surface area contributed by atoms with Gasteiger partial charge in [-0.2, -0.15) is 0 Å². The fourth-order valence-corrected chi connectivity index (χ4v) is 1.73. The van der Waals surface area contributed by atoms with Crippen LogP contribution in [0.25, 0.3) is 0 Å². The molecule has 0 amide bonds. The lowest BCUT2D eigenvalue weighted by atomic mass is 10.0. The number of aryl methyl sites for hydroxylation is 1. The van der Waals surface area contributed by atoms with E-state index in [0.717, 1.165) is 13.1 Å². The highest BCUT2D eigenvalue weighted by molar-refractivity contribution is 5.24. The molecule has 1 aromatic carbocycles. The molecule has 84 valence electrons. The van der Waals surface area contributed by atoms with E-state index in [1.165, 1.54) is 11.1 Å². The van der Waals surface area contributed by atoms with Gasteiger partial charge < -0.3 is 5.32 Å². The number of nitrogens with one attached hydrogen (secondary N) is 1. The van der Waals surface area contributed by atoms with Crippen molar-refractivity contribution >= 4 is 0 Å². The van der Waals surface area contributed by atoms with Crippen LogP contribution in [0.1, 0.15) is 24.1 Å². The van der Waals surface area contributed by atoms with Gasteiger partial charge in [-0.25, -0.2) is 0 Å². The van der Waals surface area contributed by atoms with Crippen molar-refractivity contribution in [1.82, 2.24) is 10.2 Å². The van der Waals surface area contributed by atoms with Crippen molar-refractivity contribution in [3.63, 3.8) is 0 Å². The van der Waals surface area contributed by atoms with E-state index >= 15 is 0 Å². The van der Waals surface area contributed by atoms with Gasteiger partial charge in [-0.3, -0.25) is 4.90 Å². The minimum Gasteiger partial charge on any atom is -0.318 e. The second-order valence-corrected chi connectivity index (χ2v) is 4.06. The Morgan fingerprint density at radius 1 is 1.27 bits per heavy atom. The minimum absolute atomic E-state index is 0.473. The first-order valence-corrected chi connectivity index (χ1v) is 5.60. The molecule has 0 fully saturated rings. The predicted molar refractivity (Wildman–Crippen MR) is 66.2 cm³/mol. The van der Waals surface area contributed by atoms with E-state index in [0.29, 0.717) is 6.04 Å². The molecule has 1 rings (SSSR count). The van der Waals surface area contributed by atoms with Gasteiger partial charge in [0.05, 0.1) is 0 Å². The molecule has 0 aromatic heterocycles. The predicted octanol–water partition coefficient (Wildman–Crippen LogP) is 2.21. The van der Waals surface area contributed by atoms with E-state index in [4.69, 9.17) is 0 Å². The van der Waals surface area contributed by atoms with Crippen molar-refractivity contribution < 1.29 is 0 Å². The lowest BCUT2D eigenvalue weighted by molar-refractivity contribution is 0.254. The lowest BCUT2D eigenvalue weighted by Gasteiger charge is -2.27. The van der Waals surface area contributed by atoms with Crippen molar-refractivity contribution in [1.29, 1.82) is 0 Å². The van der Waals surface area contributed by atoms with Crippen LogP contribution >= 0.6 is 0 Å². The van der Waals surface area contributed by atoms with Crippen molar-refractivity contribution in [3.8, 4) is 0 Å². The van der Waals surface area contributed by atoms with Crippen LogP contribution in [0.2, 0.25) is 0 Å². The molecule has 0 heterocycles. The number of benzene rings is 1. The number of hydrogen-bond donors (Lipinski definition) is 1. The topological polar surface area (TPSA) is 15.3 Å². The zero-order chi connectivity index (χ0) is 11.3. The molecule has 0 spiro atoms. The van der Waals surface area contributed by atoms with E-state index in [2.05, 4.69) is 55.4 Å². The monoisotopic (exact) mass is 206 g/mol. The summed E-state index contributed by atoms with van der Waals surface area (Å²) in [4.78, 5) is 2.36. The van der Waals surface area contributed by atoms with Crippen molar-refractivity contribution in [2.75, 3.05) is 27.2 Å². The molecule has 0 aliphatic rings. The van der Waals surface area contributed by atoms with Crippen LogP contribution < -0.4 is 5.32 Å². The Balaban J connectivity index is 2.83. The van der Waals surface area contributed by atoms with Crippen molar-refractivity contribution in [2.45, 2.75) is 19.9 Å². The van der Waals surface area contributed by atoms with E-state index in [1.807, 2.05) is 7.05 Å². The summed E-state index contributed by atoms with van der Waals surface area (Å²) in [6, 6.07) is 9.29. The third-order valence-corrected chi connectivity index (χ3v) is 2.89. The van der Waals surface area contributed by atoms with Gasteiger partial charge in [0.1, 0.15) is 0 Å². The minimum atomic E-state index is 0.473. The quantitative estimate of drug-likeness (QED) is 0.794. The molecule has 1 atom stereocenters. The molecule has 0 saturated carbocycles. The van der Waals surface area contributed by atoms with E-state index in [9.17, 15) is 0 Å². The van der Waals surface area contributed by atoms with Crippen LogP contribution in [0.4, 0.5) is 0 Å². The summed E-state index contributed by atoms with van der Waals surface area (Å²) in [7, 11) is 4.17. The summed E-state index contributed by atoms with van der Waals surface area (Å²) in [6.07, 6.45) is 0. The lowest BCUT2D eigenvalue weighted by Crippen LogP contribution is -2.31. The second-order valence-electron chi connectivity index (χ2n) is 4.06. The van der Waals surface area contributed by atoms with Crippen LogP contribution in [-0.2, 0) is 0 Å². The molecule has 0 aliphatic carbocycles. The molecule has 0 bridgehead atoms. The van der Waals surface area contributed by atoms with Gasteiger partial charge in [-0.1, -0.05) is 36.8 Å². The molecule has 15 heavy (non-hydrogen) atoms. The second kappa shape index (κ2) is 5.89. The van der Waals surface area contributed by atoms with Crippen LogP contribution in [0.3, 0.4) is 0 Å². The smallest absolute Gasteiger partial charge is 0.0469 e. The molecule has 2 heteroatoms. The maximum Gasteiger partial charge on any atom is 0.0469 e. The summed E-state index contributed by atoms with van der Waals surface area (Å²) >= 11 is 0. The van der Waals surface area contributed by atoms with Gasteiger partial charge in [0, 0.05) is 12.6 Å². The molecule has 0 saturated heterocycles. The maximum atomic E-state index is 3.25. The first kappa shape index (κ1) is 12.2. The summed E-state index contributed by atoms with van der Waals surface area (Å²) in [6.45, 7) is 6.38. The SMILES string of the molecule is CCN(C)C(CNC)c1ccc(C)cc1. The van der Waals surface area contributed by atoms with Crippen molar-refractivity contribution in [2.24, 2.45) is 0 Å². The van der Waals surface area contributed by atoms with Gasteiger partial charge >= 0.3 is 0 Å². The zero-order valence-corrected chi connectivity index (χ0v) is 10.2. The van der Waals surface area contributed by atoms with Crippen LogP contribution in [0.5, 0.6) is 0 Å². The van der Waals surface area contributed by atoms with E-state index in [-0.39, 0.29) is 0 Å². The molecular weight excluding hydrogens is 184 g/mol.